The molecule has 0 bridgehead atoms. The van der Waals surface area contributed by atoms with Crippen LogP contribution in [-0.2, 0) is 9.47 Å². The first-order valence-electron chi connectivity index (χ1n) is 20.2. The van der Waals surface area contributed by atoms with E-state index in [-0.39, 0.29) is 11.9 Å². The van der Waals surface area contributed by atoms with E-state index in [0.29, 0.717) is 0 Å². The molecule has 1 rings (SSSR count). The maximum Gasteiger partial charge on any atom is 0.168 e. The summed E-state index contributed by atoms with van der Waals surface area (Å²) < 4.78 is 13.1. The molecule has 0 spiro atoms. The van der Waals surface area contributed by atoms with Crippen molar-refractivity contribution in [3.63, 3.8) is 0 Å². The van der Waals surface area contributed by atoms with Gasteiger partial charge in [0.25, 0.3) is 0 Å². The molecule has 1 aliphatic rings. The first-order valence-corrected chi connectivity index (χ1v) is 20.2. The highest BCUT2D eigenvalue weighted by Gasteiger charge is 2.40. The number of rotatable bonds is 33. The lowest BCUT2D eigenvalue weighted by Gasteiger charge is -2.29. The van der Waals surface area contributed by atoms with Crippen LogP contribution in [0.1, 0.15) is 187 Å². The summed E-state index contributed by atoms with van der Waals surface area (Å²) in [6.45, 7) is 6.38. The van der Waals surface area contributed by atoms with E-state index in [1.54, 1.807) is 0 Å². The summed E-state index contributed by atoms with van der Waals surface area (Å²) >= 11 is 0. The molecule has 1 saturated heterocycles. The summed E-state index contributed by atoms with van der Waals surface area (Å²) in [5.74, 6) is -0.318. The van der Waals surface area contributed by atoms with Gasteiger partial charge in [0.15, 0.2) is 5.79 Å². The Kier molecular flexibility index (Phi) is 30.2. The van der Waals surface area contributed by atoms with Crippen LogP contribution in [0.3, 0.4) is 0 Å². The number of hydrogen-bond acceptors (Lipinski definition) is 3. The molecular formula is C43H79NO2. The molecule has 3 heteroatoms. The third kappa shape index (κ3) is 26.9. The van der Waals surface area contributed by atoms with Gasteiger partial charge in [-0.2, -0.15) is 0 Å². The van der Waals surface area contributed by atoms with Gasteiger partial charge >= 0.3 is 0 Å². The van der Waals surface area contributed by atoms with Crippen molar-refractivity contribution in [2.75, 3.05) is 27.2 Å². The third-order valence-electron chi connectivity index (χ3n) is 9.33. The fraction of sp³-hybridized carbons (Fsp3) is 0.814. The Morgan fingerprint density at radius 2 is 0.913 bits per heavy atom. The summed E-state index contributed by atoms with van der Waals surface area (Å²) in [4.78, 5) is 2.26. The van der Waals surface area contributed by atoms with Gasteiger partial charge in [-0.05, 0) is 97.6 Å². The van der Waals surface area contributed by atoms with Crippen molar-refractivity contribution in [3.8, 4) is 0 Å². The molecule has 0 amide bonds. The smallest absolute Gasteiger partial charge is 0.168 e. The number of nitrogens with zero attached hydrogens (tertiary/aromatic N) is 1. The van der Waals surface area contributed by atoms with E-state index in [1.165, 1.54) is 141 Å². The Balaban J connectivity index is 2.16. The van der Waals surface area contributed by atoms with E-state index in [0.717, 1.165) is 45.3 Å². The third-order valence-corrected chi connectivity index (χ3v) is 9.33. The van der Waals surface area contributed by atoms with Crippen LogP contribution in [0, 0.1) is 0 Å². The summed E-state index contributed by atoms with van der Waals surface area (Å²) in [7, 11) is 4.30. The average molecular weight is 642 g/mol. The molecule has 1 aliphatic heterocycles. The van der Waals surface area contributed by atoms with Crippen LogP contribution in [0.5, 0.6) is 0 Å². The molecule has 0 saturated carbocycles. The topological polar surface area (TPSA) is 21.7 Å². The van der Waals surface area contributed by atoms with Gasteiger partial charge < -0.3 is 14.4 Å². The predicted octanol–water partition coefficient (Wildman–Crippen LogP) is 13.5. The van der Waals surface area contributed by atoms with Crippen molar-refractivity contribution < 1.29 is 9.47 Å². The Labute approximate surface area is 288 Å². The summed E-state index contributed by atoms with van der Waals surface area (Å²) in [6, 6.07) is 0. The normalized spacial score (nSPS) is 16.9. The van der Waals surface area contributed by atoms with E-state index in [4.69, 9.17) is 9.47 Å². The largest absolute Gasteiger partial charge is 0.347 e. The van der Waals surface area contributed by atoms with Crippen LogP contribution < -0.4 is 0 Å². The molecule has 0 N–H and O–H groups in total. The molecule has 0 aromatic carbocycles. The van der Waals surface area contributed by atoms with E-state index < -0.39 is 0 Å². The molecule has 1 fully saturated rings. The van der Waals surface area contributed by atoms with Crippen molar-refractivity contribution in [2.45, 2.75) is 199 Å². The minimum absolute atomic E-state index is 0.261. The van der Waals surface area contributed by atoms with Gasteiger partial charge in [-0.15, -0.1) is 0 Å². The number of unbranched alkanes of at least 4 members (excludes halogenated alkanes) is 18. The van der Waals surface area contributed by atoms with Crippen LogP contribution in [-0.4, -0.2) is 44.0 Å². The standard InChI is InChI=1S/C43H79NO2/c1-5-7-9-11-13-15-17-19-21-23-25-27-29-31-33-35-38-43(45-41-42(46-43)37-40-44(3)4)39-36-34-32-30-28-26-24-22-20-18-16-14-12-10-8-6-2/h13-16,19-22,42H,5-12,17-18,23-41H2,1-4H3/b15-13+,16-14+,21-19-,22-20-. The maximum absolute atomic E-state index is 6.67. The van der Waals surface area contributed by atoms with Crippen molar-refractivity contribution in [3.05, 3.63) is 48.6 Å². The van der Waals surface area contributed by atoms with Gasteiger partial charge in [0.2, 0.25) is 0 Å². The monoisotopic (exact) mass is 642 g/mol. The van der Waals surface area contributed by atoms with E-state index in [1.807, 2.05) is 0 Å². The van der Waals surface area contributed by atoms with Gasteiger partial charge in [-0.25, -0.2) is 0 Å². The quantitative estimate of drug-likeness (QED) is 0.0526. The number of hydrogen-bond donors (Lipinski definition) is 0. The van der Waals surface area contributed by atoms with Crippen LogP contribution in [0.2, 0.25) is 0 Å². The maximum atomic E-state index is 6.67. The second-order valence-electron chi connectivity index (χ2n) is 14.2. The zero-order chi connectivity index (χ0) is 33.2. The SMILES string of the molecule is CCCCC/C=C/C/C=C\CCCCCCCCC1(CCCCCCCC/C=C\C/C=C/CCCCC)OCC(CCN(C)C)O1. The van der Waals surface area contributed by atoms with Crippen molar-refractivity contribution >= 4 is 0 Å². The molecule has 1 atom stereocenters. The highest BCUT2D eigenvalue weighted by molar-refractivity contribution is 4.93. The zero-order valence-corrected chi connectivity index (χ0v) is 31.5. The van der Waals surface area contributed by atoms with Gasteiger partial charge in [-0.3, -0.25) is 0 Å². The summed E-state index contributed by atoms with van der Waals surface area (Å²) in [5, 5.41) is 0. The van der Waals surface area contributed by atoms with Crippen LogP contribution in [0.25, 0.3) is 0 Å². The Bertz CT molecular complexity index is 704. The molecule has 0 aliphatic carbocycles. The minimum atomic E-state index is -0.318. The summed E-state index contributed by atoms with van der Waals surface area (Å²) in [5.41, 5.74) is 0. The molecule has 0 radical (unpaired) electrons. The minimum Gasteiger partial charge on any atom is -0.347 e. The average Bonchev–Trinajstić information content (AvgIpc) is 3.46. The van der Waals surface area contributed by atoms with Gasteiger partial charge in [0.05, 0.1) is 12.7 Å². The second kappa shape index (κ2) is 32.4. The number of ether oxygens (including phenoxy) is 2. The highest BCUT2D eigenvalue weighted by atomic mass is 16.7. The lowest BCUT2D eigenvalue weighted by molar-refractivity contribution is -0.180. The van der Waals surface area contributed by atoms with Gasteiger partial charge in [0, 0.05) is 19.4 Å². The lowest BCUT2D eigenvalue weighted by Crippen LogP contribution is -2.31. The van der Waals surface area contributed by atoms with Crippen LogP contribution in [0.15, 0.2) is 48.6 Å². The van der Waals surface area contributed by atoms with Crippen LogP contribution in [0.4, 0.5) is 0 Å². The first kappa shape index (κ1) is 42.9. The molecule has 0 aromatic rings. The van der Waals surface area contributed by atoms with Crippen molar-refractivity contribution in [1.29, 1.82) is 0 Å². The summed E-state index contributed by atoms with van der Waals surface area (Å²) in [6.07, 6.45) is 53.3. The van der Waals surface area contributed by atoms with Gasteiger partial charge in [0.1, 0.15) is 0 Å². The van der Waals surface area contributed by atoms with Gasteiger partial charge in [-0.1, -0.05) is 140 Å². The Morgan fingerprint density at radius 1 is 0.522 bits per heavy atom. The highest BCUT2D eigenvalue weighted by Crippen LogP contribution is 2.35. The van der Waals surface area contributed by atoms with Crippen molar-refractivity contribution in [1.82, 2.24) is 4.90 Å². The molecule has 46 heavy (non-hydrogen) atoms. The van der Waals surface area contributed by atoms with Crippen molar-refractivity contribution in [2.24, 2.45) is 0 Å². The first-order chi connectivity index (χ1) is 22.6. The second-order valence-corrected chi connectivity index (χ2v) is 14.2. The lowest BCUT2D eigenvalue weighted by atomic mass is 9.98. The molecular weight excluding hydrogens is 562 g/mol. The molecule has 1 unspecified atom stereocenters. The van der Waals surface area contributed by atoms with E-state index >= 15 is 0 Å². The predicted molar refractivity (Wildman–Crippen MR) is 205 cm³/mol. The molecule has 1 heterocycles. The molecule has 268 valence electrons. The fourth-order valence-electron chi connectivity index (χ4n) is 6.31. The fourth-order valence-corrected chi connectivity index (χ4v) is 6.31. The van der Waals surface area contributed by atoms with E-state index in [9.17, 15) is 0 Å². The Morgan fingerprint density at radius 3 is 1.33 bits per heavy atom. The molecule has 3 nitrogen and oxygen atoms in total. The van der Waals surface area contributed by atoms with E-state index in [2.05, 4.69) is 81.5 Å². The molecule has 0 aromatic heterocycles. The number of allylic oxidation sites excluding steroid dienone is 8. The Hall–Kier alpha value is -1.16. The van der Waals surface area contributed by atoms with Crippen LogP contribution >= 0.6 is 0 Å². The zero-order valence-electron chi connectivity index (χ0n) is 31.5.